The lowest BCUT2D eigenvalue weighted by Crippen LogP contribution is -1.92. The molecule has 13 heavy (non-hydrogen) atoms. The van der Waals surface area contributed by atoms with Crippen molar-refractivity contribution < 1.29 is 5.11 Å². The number of nitrogens with two attached hydrogens (primary N) is 1. The van der Waals surface area contributed by atoms with Gasteiger partial charge in [-0.1, -0.05) is 18.2 Å². The second-order valence-corrected chi connectivity index (χ2v) is 3.38. The van der Waals surface area contributed by atoms with E-state index in [1.54, 1.807) is 17.8 Å². The Hall–Kier alpha value is -0.930. The summed E-state index contributed by atoms with van der Waals surface area (Å²) < 4.78 is 0. The molecule has 2 nitrogen and oxygen atoms in total. The Bertz CT molecular complexity index is 310. The Balaban J connectivity index is 3.07. The molecular formula is C10H13NOS. The third kappa shape index (κ3) is 2.50. The van der Waals surface area contributed by atoms with Crippen LogP contribution in [-0.4, -0.2) is 17.9 Å². The maximum absolute atomic E-state index is 9.54. The molecule has 0 radical (unpaired) electrons. The summed E-state index contributed by atoms with van der Waals surface area (Å²) in [6.45, 7) is 0.488. The van der Waals surface area contributed by atoms with Crippen LogP contribution in [0.3, 0.4) is 0 Å². The number of thioether (sulfide) groups is 1. The first-order valence-corrected chi connectivity index (χ1v) is 5.24. The molecule has 0 aliphatic rings. The topological polar surface area (TPSA) is 46.2 Å². The second-order valence-electron chi connectivity index (χ2n) is 2.53. The van der Waals surface area contributed by atoms with Crippen molar-refractivity contribution in [1.29, 1.82) is 0 Å². The smallest absolute Gasteiger partial charge is 0.123 e. The van der Waals surface area contributed by atoms with Crippen LogP contribution in [0.2, 0.25) is 0 Å². The Kier molecular flexibility index (Phi) is 3.86. The average Bonchev–Trinajstić information content (AvgIpc) is 2.15. The quantitative estimate of drug-likeness (QED) is 0.726. The van der Waals surface area contributed by atoms with Crippen LogP contribution in [0.25, 0.3) is 6.08 Å². The van der Waals surface area contributed by atoms with Gasteiger partial charge in [0.05, 0.1) is 0 Å². The lowest BCUT2D eigenvalue weighted by atomic mass is 10.2. The maximum atomic E-state index is 9.54. The fourth-order valence-corrected chi connectivity index (χ4v) is 1.67. The van der Waals surface area contributed by atoms with Crippen LogP contribution >= 0.6 is 11.8 Å². The Morgan fingerprint density at radius 2 is 2.31 bits per heavy atom. The van der Waals surface area contributed by atoms with Gasteiger partial charge < -0.3 is 10.8 Å². The highest BCUT2D eigenvalue weighted by Gasteiger charge is 2.02. The molecule has 1 rings (SSSR count). The Morgan fingerprint density at radius 3 is 2.92 bits per heavy atom. The zero-order chi connectivity index (χ0) is 9.68. The fourth-order valence-electron chi connectivity index (χ4n) is 1.06. The van der Waals surface area contributed by atoms with Crippen LogP contribution in [0.5, 0.6) is 5.75 Å². The molecule has 1 aromatic carbocycles. The van der Waals surface area contributed by atoms with E-state index in [1.807, 2.05) is 30.5 Å². The van der Waals surface area contributed by atoms with Gasteiger partial charge in [0.1, 0.15) is 5.75 Å². The summed E-state index contributed by atoms with van der Waals surface area (Å²) in [6, 6.07) is 5.48. The first-order valence-electron chi connectivity index (χ1n) is 4.02. The van der Waals surface area contributed by atoms with Gasteiger partial charge in [-0.05, 0) is 18.4 Å². The van der Waals surface area contributed by atoms with E-state index < -0.39 is 0 Å². The lowest BCUT2D eigenvalue weighted by Gasteiger charge is -2.04. The van der Waals surface area contributed by atoms with E-state index in [9.17, 15) is 5.11 Å². The number of aromatic hydroxyl groups is 1. The standard InChI is InChI=1S/C10H13NOS/c1-13-10-6-2-5-9(12)8(10)4-3-7-11/h2-6,12H,7,11H2,1H3/b4-3+. The van der Waals surface area contributed by atoms with Crippen molar-refractivity contribution in [2.75, 3.05) is 12.8 Å². The van der Waals surface area contributed by atoms with Gasteiger partial charge in [-0.2, -0.15) is 0 Å². The van der Waals surface area contributed by atoms with Gasteiger partial charge in [0.25, 0.3) is 0 Å². The zero-order valence-electron chi connectivity index (χ0n) is 7.53. The fraction of sp³-hybridized carbons (Fsp3) is 0.200. The van der Waals surface area contributed by atoms with Crippen molar-refractivity contribution in [3.8, 4) is 5.75 Å². The lowest BCUT2D eigenvalue weighted by molar-refractivity contribution is 0.472. The number of benzene rings is 1. The predicted molar refractivity (Wildman–Crippen MR) is 58.0 cm³/mol. The molecule has 70 valence electrons. The monoisotopic (exact) mass is 195 g/mol. The summed E-state index contributed by atoms with van der Waals surface area (Å²) in [4.78, 5) is 1.06. The molecular weight excluding hydrogens is 182 g/mol. The number of phenols is 1. The average molecular weight is 195 g/mol. The van der Waals surface area contributed by atoms with Gasteiger partial charge in [0.15, 0.2) is 0 Å². The molecule has 0 saturated heterocycles. The normalized spacial score (nSPS) is 10.9. The number of phenolic OH excluding ortho intramolecular Hbond substituents is 1. The molecule has 0 aliphatic heterocycles. The summed E-state index contributed by atoms with van der Waals surface area (Å²) >= 11 is 1.61. The molecule has 0 bridgehead atoms. The van der Waals surface area contributed by atoms with Crippen LogP contribution in [0.4, 0.5) is 0 Å². The molecule has 3 heteroatoms. The van der Waals surface area contributed by atoms with Crippen LogP contribution < -0.4 is 5.73 Å². The van der Waals surface area contributed by atoms with Crippen molar-refractivity contribution in [2.24, 2.45) is 5.73 Å². The van der Waals surface area contributed by atoms with Crippen LogP contribution in [0, 0.1) is 0 Å². The molecule has 0 atom stereocenters. The van der Waals surface area contributed by atoms with Crippen LogP contribution in [-0.2, 0) is 0 Å². The van der Waals surface area contributed by atoms with Crippen molar-refractivity contribution in [3.63, 3.8) is 0 Å². The van der Waals surface area contributed by atoms with Gasteiger partial charge >= 0.3 is 0 Å². The first-order chi connectivity index (χ1) is 6.29. The summed E-state index contributed by atoms with van der Waals surface area (Å²) in [6.07, 6.45) is 5.66. The molecule has 0 fully saturated rings. The summed E-state index contributed by atoms with van der Waals surface area (Å²) in [5, 5.41) is 9.54. The SMILES string of the molecule is CSc1cccc(O)c1/C=C/CN. The predicted octanol–water partition coefficient (Wildman–Crippen LogP) is 2.09. The van der Waals surface area contributed by atoms with Crippen molar-refractivity contribution in [3.05, 3.63) is 29.8 Å². The molecule has 0 amide bonds. The van der Waals surface area contributed by atoms with E-state index in [0.29, 0.717) is 12.3 Å². The molecule has 0 unspecified atom stereocenters. The molecule has 0 aromatic heterocycles. The maximum Gasteiger partial charge on any atom is 0.123 e. The Morgan fingerprint density at radius 1 is 1.54 bits per heavy atom. The zero-order valence-corrected chi connectivity index (χ0v) is 8.34. The van der Waals surface area contributed by atoms with Crippen molar-refractivity contribution >= 4 is 17.8 Å². The number of rotatable bonds is 3. The van der Waals surface area contributed by atoms with Gasteiger partial charge in [0, 0.05) is 17.0 Å². The van der Waals surface area contributed by atoms with Crippen LogP contribution in [0.1, 0.15) is 5.56 Å². The number of hydrogen-bond acceptors (Lipinski definition) is 3. The van der Waals surface area contributed by atoms with Gasteiger partial charge in [-0.3, -0.25) is 0 Å². The summed E-state index contributed by atoms with van der Waals surface area (Å²) in [7, 11) is 0. The van der Waals surface area contributed by atoms with E-state index in [0.717, 1.165) is 10.5 Å². The van der Waals surface area contributed by atoms with E-state index in [-0.39, 0.29) is 0 Å². The molecule has 3 N–H and O–H groups in total. The van der Waals surface area contributed by atoms with Gasteiger partial charge in [-0.25, -0.2) is 0 Å². The summed E-state index contributed by atoms with van der Waals surface area (Å²) in [5.41, 5.74) is 6.19. The van der Waals surface area contributed by atoms with Crippen molar-refractivity contribution in [1.82, 2.24) is 0 Å². The first kappa shape index (κ1) is 10.2. The minimum absolute atomic E-state index is 0.302. The molecule has 0 spiro atoms. The third-order valence-corrected chi connectivity index (χ3v) is 2.48. The molecule has 0 heterocycles. The van der Waals surface area contributed by atoms with E-state index in [2.05, 4.69) is 0 Å². The van der Waals surface area contributed by atoms with Gasteiger partial charge in [0.2, 0.25) is 0 Å². The number of hydrogen-bond donors (Lipinski definition) is 2. The van der Waals surface area contributed by atoms with E-state index >= 15 is 0 Å². The minimum Gasteiger partial charge on any atom is -0.507 e. The molecule has 1 aromatic rings. The second kappa shape index (κ2) is 4.94. The molecule has 0 saturated carbocycles. The Labute approximate surface area is 82.5 Å². The van der Waals surface area contributed by atoms with E-state index in [4.69, 9.17) is 5.73 Å². The summed E-state index contributed by atoms with van der Waals surface area (Å²) in [5.74, 6) is 0.302. The van der Waals surface area contributed by atoms with Crippen LogP contribution in [0.15, 0.2) is 29.2 Å². The highest BCUT2D eigenvalue weighted by Crippen LogP contribution is 2.28. The minimum atomic E-state index is 0.302. The molecule has 0 aliphatic carbocycles. The highest BCUT2D eigenvalue weighted by molar-refractivity contribution is 7.98. The highest BCUT2D eigenvalue weighted by atomic mass is 32.2. The van der Waals surface area contributed by atoms with E-state index in [1.165, 1.54) is 0 Å². The largest absolute Gasteiger partial charge is 0.507 e. The van der Waals surface area contributed by atoms with Crippen molar-refractivity contribution in [2.45, 2.75) is 4.90 Å². The third-order valence-electron chi connectivity index (χ3n) is 1.68. The van der Waals surface area contributed by atoms with Gasteiger partial charge in [-0.15, -0.1) is 11.8 Å².